The van der Waals surface area contributed by atoms with Crippen molar-refractivity contribution in [3.63, 3.8) is 0 Å². The lowest BCUT2D eigenvalue weighted by Gasteiger charge is -2.27. The maximum absolute atomic E-state index is 12.9. The molecule has 0 bridgehead atoms. The first kappa shape index (κ1) is 20.2. The third kappa shape index (κ3) is 4.10. The van der Waals surface area contributed by atoms with Crippen LogP contribution in [-0.4, -0.2) is 50.6 Å². The Labute approximate surface area is 183 Å². The van der Waals surface area contributed by atoms with Crippen LogP contribution in [0.15, 0.2) is 30.3 Å². The summed E-state index contributed by atoms with van der Waals surface area (Å²) in [5.41, 5.74) is 0.856. The number of fused-ring (bicyclic) bond motifs is 1. The molecular formula is C24H31N5O2. The van der Waals surface area contributed by atoms with Gasteiger partial charge in [0.05, 0.1) is 0 Å². The minimum absolute atomic E-state index is 0.0890. The van der Waals surface area contributed by atoms with Crippen LogP contribution in [0.4, 0.5) is 0 Å². The van der Waals surface area contributed by atoms with E-state index in [1.165, 1.54) is 19.3 Å². The first-order valence-corrected chi connectivity index (χ1v) is 11.7. The number of likely N-dealkylation sites (tertiary alicyclic amines) is 1. The fourth-order valence-electron chi connectivity index (χ4n) is 5.55. The van der Waals surface area contributed by atoms with E-state index >= 15 is 0 Å². The summed E-state index contributed by atoms with van der Waals surface area (Å²) in [6.07, 6.45) is 9.48. The number of benzene rings is 1. The standard InChI is InChI=1S/C24H31N5O2/c30-22(25-19-9-5-2-6-10-19)21-27-26-20-11-12-24(14-16-29(20)21)13-15-28(17-24)23(31)18-7-3-1-4-8-18/h1,3-4,7-8,19H,2,5-6,9-17H2,(H,25,30)/t24-/m1/s1. The second-order valence-corrected chi connectivity index (χ2v) is 9.49. The Bertz CT molecular complexity index is 950. The minimum Gasteiger partial charge on any atom is -0.347 e. The molecule has 31 heavy (non-hydrogen) atoms. The van der Waals surface area contributed by atoms with E-state index < -0.39 is 0 Å². The number of hydrogen-bond donors (Lipinski definition) is 1. The Morgan fingerprint density at radius 3 is 2.55 bits per heavy atom. The average Bonchev–Trinajstić information content (AvgIpc) is 3.37. The Balaban J connectivity index is 1.25. The van der Waals surface area contributed by atoms with Crippen molar-refractivity contribution in [2.45, 2.75) is 70.4 Å². The number of aryl methyl sites for hydroxylation is 1. The predicted octanol–water partition coefficient (Wildman–Crippen LogP) is 3.21. The molecule has 1 aliphatic carbocycles. The highest BCUT2D eigenvalue weighted by Gasteiger charge is 2.41. The zero-order valence-corrected chi connectivity index (χ0v) is 18.1. The molecule has 3 aliphatic rings. The fraction of sp³-hybridized carbons (Fsp3) is 0.583. The highest BCUT2D eigenvalue weighted by molar-refractivity contribution is 5.94. The Morgan fingerprint density at radius 2 is 1.74 bits per heavy atom. The molecule has 1 saturated carbocycles. The van der Waals surface area contributed by atoms with Gasteiger partial charge in [-0.25, -0.2) is 0 Å². The van der Waals surface area contributed by atoms with E-state index in [9.17, 15) is 9.59 Å². The summed E-state index contributed by atoms with van der Waals surface area (Å²) in [6.45, 7) is 2.31. The number of carbonyl (C=O) groups is 2. The molecule has 7 heteroatoms. The Kier molecular flexibility index (Phi) is 5.50. The number of amides is 2. The van der Waals surface area contributed by atoms with Gasteiger partial charge < -0.3 is 14.8 Å². The third-order valence-electron chi connectivity index (χ3n) is 7.46. The van der Waals surface area contributed by atoms with Crippen LogP contribution in [0.1, 0.15) is 78.2 Å². The van der Waals surface area contributed by atoms with Crippen LogP contribution in [-0.2, 0) is 13.0 Å². The SMILES string of the molecule is O=C(NC1CCCCC1)c1nnc2n1CC[C@@]1(CC2)CCN(C(=O)c2ccccc2)C1. The van der Waals surface area contributed by atoms with Crippen LogP contribution in [0.3, 0.4) is 0 Å². The normalized spacial score (nSPS) is 24.1. The molecule has 2 amide bonds. The van der Waals surface area contributed by atoms with E-state index in [1.807, 2.05) is 39.8 Å². The molecule has 3 heterocycles. The van der Waals surface area contributed by atoms with Crippen molar-refractivity contribution in [1.82, 2.24) is 25.0 Å². The first-order chi connectivity index (χ1) is 15.1. The number of nitrogens with zero attached hydrogens (tertiary/aromatic N) is 4. The smallest absolute Gasteiger partial charge is 0.289 e. The average molecular weight is 422 g/mol. The monoisotopic (exact) mass is 421 g/mol. The van der Waals surface area contributed by atoms with E-state index in [0.29, 0.717) is 5.82 Å². The number of rotatable bonds is 3. The zero-order valence-electron chi connectivity index (χ0n) is 18.1. The molecule has 7 nitrogen and oxygen atoms in total. The summed E-state index contributed by atoms with van der Waals surface area (Å²) in [7, 11) is 0. The van der Waals surface area contributed by atoms with Gasteiger partial charge in [-0.2, -0.15) is 0 Å². The van der Waals surface area contributed by atoms with Gasteiger partial charge in [0.2, 0.25) is 5.82 Å². The molecule has 1 atom stereocenters. The number of aromatic nitrogens is 3. The Hall–Kier alpha value is -2.70. The largest absolute Gasteiger partial charge is 0.347 e. The summed E-state index contributed by atoms with van der Waals surface area (Å²) < 4.78 is 2.02. The maximum atomic E-state index is 12.9. The van der Waals surface area contributed by atoms with Crippen molar-refractivity contribution in [3.05, 3.63) is 47.5 Å². The van der Waals surface area contributed by atoms with E-state index in [4.69, 9.17) is 0 Å². The van der Waals surface area contributed by atoms with E-state index in [-0.39, 0.29) is 23.3 Å². The summed E-state index contributed by atoms with van der Waals surface area (Å²) in [6, 6.07) is 9.80. The van der Waals surface area contributed by atoms with E-state index in [1.54, 1.807) is 0 Å². The van der Waals surface area contributed by atoms with Gasteiger partial charge in [-0.05, 0) is 49.7 Å². The van der Waals surface area contributed by atoms with Crippen LogP contribution in [0.5, 0.6) is 0 Å². The van der Waals surface area contributed by atoms with Gasteiger partial charge >= 0.3 is 0 Å². The fourth-order valence-corrected chi connectivity index (χ4v) is 5.55. The van der Waals surface area contributed by atoms with Crippen LogP contribution >= 0.6 is 0 Å². The summed E-state index contributed by atoms with van der Waals surface area (Å²) in [5, 5.41) is 11.8. The minimum atomic E-state index is -0.0890. The van der Waals surface area contributed by atoms with Crippen molar-refractivity contribution >= 4 is 11.8 Å². The number of hydrogen-bond acceptors (Lipinski definition) is 4. The molecule has 0 unspecified atom stereocenters. The van der Waals surface area contributed by atoms with Gasteiger partial charge in [0.15, 0.2) is 0 Å². The van der Waals surface area contributed by atoms with Gasteiger partial charge in [0.1, 0.15) is 5.82 Å². The van der Waals surface area contributed by atoms with Gasteiger partial charge in [0.25, 0.3) is 11.8 Å². The van der Waals surface area contributed by atoms with Crippen molar-refractivity contribution in [2.75, 3.05) is 13.1 Å². The van der Waals surface area contributed by atoms with Gasteiger partial charge in [0, 0.05) is 37.7 Å². The molecule has 164 valence electrons. The third-order valence-corrected chi connectivity index (χ3v) is 7.46. The quantitative estimate of drug-likeness (QED) is 0.825. The van der Waals surface area contributed by atoms with Gasteiger partial charge in [-0.3, -0.25) is 9.59 Å². The molecule has 2 aromatic rings. The Morgan fingerprint density at radius 1 is 0.968 bits per heavy atom. The predicted molar refractivity (Wildman–Crippen MR) is 117 cm³/mol. The lowest BCUT2D eigenvalue weighted by Crippen LogP contribution is -2.37. The highest BCUT2D eigenvalue weighted by Crippen LogP contribution is 2.41. The van der Waals surface area contributed by atoms with Crippen molar-refractivity contribution < 1.29 is 9.59 Å². The molecule has 1 N–H and O–H groups in total. The van der Waals surface area contributed by atoms with Crippen LogP contribution in [0.2, 0.25) is 0 Å². The molecule has 2 aliphatic heterocycles. The number of carbonyl (C=O) groups excluding carboxylic acids is 2. The van der Waals surface area contributed by atoms with Crippen LogP contribution in [0.25, 0.3) is 0 Å². The van der Waals surface area contributed by atoms with E-state index in [2.05, 4.69) is 15.5 Å². The molecule has 1 aromatic carbocycles. The molecule has 5 rings (SSSR count). The number of nitrogens with one attached hydrogen (secondary N) is 1. The van der Waals surface area contributed by atoms with Crippen LogP contribution < -0.4 is 5.32 Å². The molecule has 0 radical (unpaired) electrons. The molecule has 2 fully saturated rings. The lowest BCUT2D eigenvalue weighted by atomic mass is 9.80. The lowest BCUT2D eigenvalue weighted by molar-refractivity contribution is 0.0767. The highest BCUT2D eigenvalue weighted by atomic mass is 16.2. The van der Waals surface area contributed by atoms with Crippen molar-refractivity contribution in [1.29, 1.82) is 0 Å². The second-order valence-electron chi connectivity index (χ2n) is 9.49. The zero-order chi connectivity index (χ0) is 21.3. The molecular weight excluding hydrogens is 390 g/mol. The summed E-state index contributed by atoms with van der Waals surface area (Å²) in [5.74, 6) is 1.38. The second kappa shape index (κ2) is 8.44. The van der Waals surface area contributed by atoms with Gasteiger partial charge in [-0.15, -0.1) is 10.2 Å². The summed E-state index contributed by atoms with van der Waals surface area (Å²) in [4.78, 5) is 27.8. The van der Waals surface area contributed by atoms with Crippen molar-refractivity contribution in [2.24, 2.45) is 5.41 Å². The topological polar surface area (TPSA) is 80.1 Å². The molecule has 1 saturated heterocycles. The van der Waals surface area contributed by atoms with E-state index in [0.717, 1.165) is 69.5 Å². The molecule has 1 spiro atoms. The van der Waals surface area contributed by atoms with Crippen molar-refractivity contribution in [3.8, 4) is 0 Å². The van der Waals surface area contributed by atoms with Gasteiger partial charge in [-0.1, -0.05) is 37.5 Å². The summed E-state index contributed by atoms with van der Waals surface area (Å²) >= 11 is 0. The maximum Gasteiger partial charge on any atom is 0.289 e. The molecule has 1 aromatic heterocycles. The van der Waals surface area contributed by atoms with Crippen LogP contribution in [0, 0.1) is 5.41 Å². The first-order valence-electron chi connectivity index (χ1n) is 11.7.